The highest BCUT2D eigenvalue weighted by atomic mass is 19.2. The lowest BCUT2D eigenvalue weighted by Crippen LogP contribution is -2.31. The van der Waals surface area contributed by atoms with Crippen molar-refractivity contribution in [3.8, 4) is 5.75 Å². The third-order valence-corrected chi connectivity index (χ3v) is 4.34. The summed E-state index contributed by atoms with van der Waals surface area (Å²) in [6, 6.07) is 18.4. The molecule has 3 aromatic carbocycles. The number of hydrogen-bond acceptors (Lipinski definition) is 3. The van der Waals surface area contributed by atoms with Crippen molar-refractivity contribution in [2.45, 2.75) is 13.0 Å². The molecule has 0 aliphatic carbocycles. The van der Waals surface area contributed by atoms with E-state index in [0.29, 0.717) is 22.4 Å². The molecule has 0 aliphatic heterocycles. The highest BCUT2D eigenvalue weighted by molar-refractivity contribution is 6.08. The number of carbonyl (C=O) groups excluding carboxylic acids is 2. The molecule has 1 N–H and O–H groups in total. The smallest absolute Gasteiger partial charge is 0.258 e. The standard InChI is InChI=1S/C23H19F2NO3/c1-15(18-9-12-20(24)21(25)13-18)26-22(27)14-29-19-10-7-17(8-11-19)23(28)16-5-3-2-4-6-16/h2-13,15H,14H2,1H3,(H,26,27). The van der Waals surface area contributed by atoms with Crippen LogP contribution in [0.4, 0.5) is 8.78 Å². The predicted octanol–water partition coefficient (Wildman–Crippen LogP) is 4.45. The van der Waals surface area contributed by atoms with Crippen molar-refractivity contribution in [1.29, 1.82) is 0 Å². The van der Waals surface area contributed by atoms with Crippen molar-refractivity contribution in [2.75, 3.05) is 6.61 Å². The van der Waals surface area contributed by atoms with E-state index in [1.54, 1.807) is 55.5 Å². The first-order valence-electron chi connectivity index (χ1n) is 9.01. The largest absolute Gasteiger partial charge is 0.484 e. The fourth-order valence-corrected chi connectivity index (χ4v) is 2.76. The Morgan fingerprint density at radius 3 is 2.21 bits per heavy atom. The van der Waals surface area contributed by atoms with E-state index in [-0.39, 0.29) is 12.4 Å². The number of benzene rings is 3. The van der Waals surface area contributed by atoms with Gasteiger partial charge in [-0.25, -0.2) is 8.78 Å². The fourth-order valence-electron chi connectivity index (χ4n) is 2.76. The summed E-state index contributed by atoms with van der Waals surface area (Å²) in [5.74, 6) is -1.98. The normalized spacial score (nSPS) is 11.6. The predicted molar refractivity (Wildman–Crippen MR) is 105 cm³/mol. The third kappa shape index (κ3) is 5.25. The molecule has 0 aliphatic rings. The van der Waals surface area contributed by atoms with E-state index in [9.17, 15) is 18.4 Å². The molecular weight excluding hydrogens is 376 g/mol. The molecule has 1 atom stereocenters. The average molecular weight is 395 g/mol. The van der Waals surface area contributed by atoms with E-state index in [0.717, 1.165) is 12.1 Å². The van der Waals surface area contributed by atoms with Crippen LogP contribution >= 0.6 is 0 Å². The molecule has 6 heteroatoms. The molecule has 3 aromatic rings. The molecule has 4 nitrogen and oxygen atoms in total. The maximum absolute atomic E-state index is 13.3. The Morgan fingerprint density at radius 1 is 0.897 bits per heavy atom. The summed E-state index contributed by atoms with van der Waals surface area (Å²) in [5, 5.41) is 2.66. The van der Waals surface area contributed by atoms with Crippen LogP contribution in [0.5, 0.6) is 5.75 Å². The van der Waals surface area contributed by atoms with E-state index < -0.39 is 23.6 Å². The number of rotatable bonds is 7. The molecule has 148 valence electrons. The maximum atomic E-state index is 13.3. The zero-order valence-electron chi connectivity index (χ0n) is 15.7. The van der Waals surface area contributed by atoms with Gasteiger partial charge in [-0.15, -0.1) is 0 Å². The van der Waals surface area contributed by atoms with Gasteiger partial charge in [-0.2, -0.15) is 0 Å². The zero-order valence-corrected chi connectivity index (χ0v) is 15.7. The van der Waals surface area contributed by atoms with E-state index in [1.165, 1.54) is 6.07 Å². The molecule has 3 rings (SSSR count). The summed E-state index contributed by atoms with van der Waals surface area (Å²) in [6.45, 7) is 1.41. The minimum atomic E-state index is -0.968. The van der Waals surface area contributed by atoms with E-state index in [4.69, 9.17) is 4.74 Å². The Hall–Kier alpha value is -3.54. The zero-order chi connectivity index (χ0) is 20.8. The van der Waals surface area contributed by atoms with Crippen molar-refractivity contribution >= 4 is 11.7 Å². The molecule has 1 amide bonds. The Bertz CT molecular complexity index is 1000. The van der Waals surface area contributed by atoms with Crippen molar-refractivity contribution in [1.82, 2.24) is 5.32 Å². The highest BCUT2D eigenvalue weighted by Gasteiger charge is 2.13. The van der Waals surface area contributed by atoms with E-state index in [2.05, 4.69) is 5.32 Å². The van der Waals surface area contributed by atoms with Gasteiger partial charge in [0.1, 0.15) is 5.75 Å². The van der Waals surface area contributed by atoms with Gasteiger partial charge in [0.05, 0.1) is 6.04 Å². The van der Waals surface area contributed by atoms with Crippen molar-refractivity contribution in [3.63, 3.8) is 0 Å². The van der Waals surface area contributed by atoms with Gasteiger partial charge >= 0.3 is 0 Å². The number of ether oxygens (including phenoxy) is 1. The molecule has 0 aromatic heterocycles. The number of amides is 1. The number of hydrogen-bond donors (Lipinski definition) is 1. The van der Waals surface area contributed by atoms with Gasteiger partial charge in [-0.3, -0.25) is 9.59 Å². The van der Waals surface area contributed by atoms with Gasteiger partial charge < -0.3 is 10.1 Å². The van der Waals surface area contributed by atoms with Gasteiger partial charge in [0.15, 0.2) is 24.0 Å². The molecule has 1 unspecified atom stereocenters. The molecular formula is C23H19F2NO3. The Labute approximate surface area is 167 Å². The van der Waals surface area contributed by atoms with E-state index >= 15 is 0 Å². The second kappa shape index (κ2) is 9.10. The highest BCUT2D eigenvalue weighted by Crippen LogP contribution is 2.17. The van der Waals surface area contributed by atoms with Crippen molar-refractivity contribution in [2.24, 2.45) is 0 Å². The molecule has 0 fully saturated rings. The third-order valence-electron chi connectivity index (χ3n) is 4.34. The van der Waals surface area contributed by atoms with Crippen LogP contribution in [0.25, 0.3) is 0 Å². The van der Waals surface area contributed by atoms with Crippen LogP contribution in [0.1, 0.15) is 34.5 Å². The maximum Gasteiger partial charge on any atom is 0.258 e. The minimum Gasteiger partial charge on any atom is -0.484 e. The van der Waals surface area contributed by atoms with Crippen LogP contribution < -0.4 is 10.1 Å². The summed E-state index contributed by atoms with van der Waals surface area (Å²) >= 11 is 0. The van der Waals surface area contributed by atoms with Gasteiger partial charge in [-0.05, 0) is 48.9 Å². The summed E-state index contributed by atoms with van der Waals surface area (Å²) in [6.07, 6.45) is 0. The molecule has 0 heterocycles. The number of carbonyl (C=O) groups is 2. The Balaban J connectivity index is 1.53. The first-order valence-corrected chi connectivity index (χ1v) is 9.01. The van der Waals surface area contributed by atoms with Crippen LogP contribution in [0.15, 0.2) is 72.8 Å². The van der Waals surface area contributed by atoms with Gasteiger partial charge in [0, 0.05) is 11.1 Å². The lowest BCUT2D eigenvalue weighted by Gasteiger charge is -2.15. The number of ketones is 1. The quantitative estimate of drug-likeness (QED) is 0.602. The van der Waals surface area contributed by atoms with Crippen LogP contribution in [0.3, 0.4) is 0 Å². The summed E-state index contributed by atoms with van der Waals surface area (Å²) < 4.78 is 31.7. The van der Waals surface area contributed by atoms with Crippen LogP contribution in [-0.2, 0) is 4.79 Å². The number of halogens is 2. The Morgan fingerprint density at radius 2 is 1.55 bits per heavy atom. The fraction of sp³-hybridized carbons (Fsp3) is 0.130. The average Bonchev–Trinajstić information content (AvgIpc) is 2.74. The first kappa shape index (κ1) is 20.2. The first-order chi connectivity index (χ1) is 13.9. The molecule has 0 saturated heterocycles. The van der Waals surface area contributed by atoms with E-state index in [1.807, 2.05) is 6.07 Å². The second-order valence-corrected chi connectivity index (χ2v) is 6.47. The summed E-state index contributed by atoms with van der Waals surface area (Å²) in [7, 11) is 0. The topological polar surface area (TPSA) is 55.4 Å². The molecule has 0 radical (unpaired) electrons. The minimum absolute atomic E-state index is 0.102. The van der Waals surface area contributed by atoms with Gasteiger partial charge in [0.25, 0.3) is 5.91 Å². The lowest BCUT2D eigenvalue weighted by molar-refractivity contribution is -0.123. The van der Waals surface area contributed by atoms with Crippen LogP contribution in [0, 0.1) is 11.6 Å². The second-order valence-electron chi connectivity index (χ2n) is 6.47. The molecule has 0 spiro atoms. The SMILES string of the molecule is CC(NC(=O)COc1ccc(C(=O)c2ccccc2)cc1)c1ccc(F)c(F)c1. The van der Waals surface area contributed by atoms with Crippen molar-refractivity contribution in [3.05, 3.63) is 101 Å². The summed E-state index contributed by atoms with van der Waals surface area (Å²) in [4.78, 5) is 24.4. The van der Waals surface area contributed by atoms with Crippen molar-refractivity contribution < 1.29 is 23.1 Å². The molecule has 29 heavy (non-hydrogen) atoms. The van der Waals surface area contributed by atoms with Crippen LogP contribution in [-0.4, -0.2) is 18.3 Å². The Kier molecular flexibility index (Phi) is 6.34. The molecule has 0 saturated carbocycles. The monoisotopic (exact) mass is 395 g/mol. The lowest BCUT2D eigenvalue weighted by atomic mass is 10.0. The number of nitrogens with one attached hydrogen (secondary N) is 1. The van der Waals surface area contributed by atoms with Crippen LogP contribution in [0.2, 0.25) is 0 Å². The van der Waals surface area contributed by atoms with Gasteiger partial charge in [-0.1, -0.05) is 36.4 Å². The van der Waals surface area contributed by atoms with Gasteiger partial charge in [0.2, 0.25) is 0 Å². The summed E-state index contributed by atoms with van der Waals surface area (Å²) in [5.41, 5.74) is 1.55. The molecule has 0 bridgehead atoms.